The highest BCUT2D eigenvalue weighted by atomic mass is 16.2. The van der Waals surface area contributed by atoms with Crippen LogP contribution in [0.4, 0.5) is 5.69 Å². The number of hydrogen-bond donors (Lipinski definition) is 1. The predicted octanol–water partition coefficient (Wildman–Crippen LogP) is 2.95. The number of para-hydroxylation sites is 1. The summed E-state index contributed by atoms with van der Waals surface area (Å²) in [5.74, 6) is 0.495. The molecule has 1 aromatic heterocycles. The van der Waals surface area contributed by atoms with Gasteiger partial charge in [-0.25, -0.2) is 0 Å². The number of hydrogen-bond acceptors (Lipinski definition) is 2. The lowest BCUT2D eigenvalue weighted by atomic mass is 9.96. The van der Waals surface area contributed by atoms with E-state index in [1.807, 2.05) is 23.1 Å². The average molecular weight is 255 g/mol. The van der Waals surface area contributed by atoms with E-state index in [-0.39, 0.29) is 5.91 Å². The van der Waals surface area contributed by atoms with E-state index < -0.39 is 0 Å². The fraction of sp³-hybridized carbons (Fsp3) is 0.333. The first-order valence-corrected chi connectivity index (χ1v) is 6.67. The Morgan fingerprint density at radius 1 is 1.37 bits per heavy atom. The first kappa shape index (κ1) is 12.0. The maximum Gasteiger partial charge on any atom is 0.276 e. The highest BCUT2D eigenvalue weighted by Crippen LogP contribution is 2.34. The second-order valence-electron chi connectivity index (χ2n) is 5.03. The SMILES string of the molecule is C[C@@H]1CCCN(C(=O)c2ccn[nH]2)c2ccccc21. The van der Waals surface area contributed by atoms with Crippen LogP contribution in [0.1, 0.15) is 41.7 Å². The number of aromatic amines is 1. The van der Waals surface area contributed by atoms with Gasteiger partial charge in [0.1, 0.15) is 5.69 Å². The number of carbonyl (C=O) groups is 1. The summed E-state index contributed by atoms with van der Waals surface area (Å²) >= 11 is 0. The Hall–Kier alpha value is -2.10. The molecule has 1 aliphatic rings. The zero-order valence-corrected chi connectivity index (χ0v) is 11.0. The largest absolute Gasteiger partial charge is 0.307 e. The maximum absolute atomic E-state index is 12.5. The van der Waals surface area contributed by atoms with Crippen LogP contribution in [0.2, 0.25) is 0 Å². The van der Waals surface area contributed by atoms with Crippen LogP contribution in [0.5, 0.6) is 0 Å². The number of nitrogens with one attached hydrogen (secondary N) is 1. The first-order valence-electron chi connectivity index (χ1n) is 6.67. The van der Waals surface area contributed by atoms with Crippen molar-refractivity contribution in [3.63, 3.8) is 0 Å². The lowest BCUT2D eigenvalue weighted by molar-refractivity contribution is 0.0982. The molecule has 1 atom stereocenters. The number of benzene rings is 1. The molecule has 0 unspecified atom stereocenters. The monoisotopic (exact) mass is 255 g/mol. The van der Waals surface area contributed by atoms with Crippen LogP contribution in [0, 0.1) is 0 Å². The number of carbonyl (C=O) groups excluding carboxylic acids is 1. The van der Waals surface area contributed by atoms with E-state index in [9.17, 15) is 4.79 Å². The number of fused-ring (bicyclic) bond motifs is 1. The van der Waals surface area contributed by atoms with E-state index in [1.165, 1.54) is 5.56 Å². The Kier molecular flexibility index (Phi) is 3.07. The molecule has 0 saturated heterocycles. The zero-order valence-electron chi connectivity index (χ0n) is 11.0. The molecule has 1 N–H and O–H groups in total. The summed E-state index contributed by atoms with van der Waals surface area (Å²) in [6.45, 7) is 2.99. The topological polar surface area (TPSA) is 49.0 Å². The Balaban J connectivity index is 2.02. The molecule has 98 valence electrons. The summed E-state index contributed by atoms with van der Waals surface area (Å²) in [5.41, 5.74) is 2.84. The molecule has 2 aromatic rings. The van der Waals surface area contributed by atoms with Gasteiger partial charge in [0.25, 0.3) is 5.91 Å². The van der Waals surface area contributed by atoms with E-state index in [2.05, 4.69) is 23.2 Å². The quantitative estimate of drug-likeness (QED) is 0.851. The average Bonchev–Trinajstić information content (AvgIpc) is 2.91. The van der Waals surface area contributed by atoms with Gasteiger partial charge in [-0.2, -0.15) is 5.10 Å². The third kappa shape index (κ3) is 2.14. The van der Waals surface area contributed by atoms with Gasteiger partial charge in [0.2, 0.25) is 0 Å². The fourth-order valence-electron chi connectivity index (χ4n) is 2.71. The van der Waals surface area contributed by atoms with Crippen LogP contribution < -0.4 is 4.90 Å². The zero-order chi connectivity index (χ0) is 13.2. The van der Waals surface area contributed by atoms with Crippen molar-refractivity contribution in [2.24, 2.45) is 0 Å². The second-order valence-corrected chi connectivity index (χ2v) is 5.03. The van der Waals surface area contributed by atoms with E-state index in [4.69, 9.17) is 0 Å². The van der Waals surface area contributed by atoms with E-state index >= 15 is 0 Å². The first-order chi connectivity index (χ1) is 9.27. The number of nitrogens with zero attached hydrogens (tertiary/aromatic N) is 2. The molecular weight excluding hydrogens is 238 g/mol. The summed E-state index contributed by atoms with van der Waals surface area (Å²) in [5, 5.41) is 6.62. The predicted molar refractivity (Wildman–Crippen MR) is 74.4 cm³/mol. The molecule has 1 aromatic carbocycles. The molecule has 4 heteroatoms. The van der Waals surface area contributed by atoms with Crippen LogP contribution in [0.15, 0.2) is 36.5 Å². The van der Waals surface area contributed by atoms with Gasteiger partial charge in [-0.05, 0) is 36.5 Å². The standard InChI is InChI=1S/C15H17N3O/c1-11-5-4-10-18(14-7-3-2-6-12(11)14)15(19)13-8-9-16-17-13/h2-3,6-9,11H,4-5,10H2,1H3,(H,16,17)/t11-/m1/s1. The second kappa shape index (κ2) is 4.88. The van der Waals surface area contributed by atoms with Gasteiger partial charge >= 0.3 is 0 Å². The van der Waals surface area contributed by atoms with Crippen molar-refractivity contribution in [1.82, 2.24) is 10.2 Å². The minimum Gasteiger partial charge on any atom is -0.307 e. The van der Waals surface area contributed by atoms with Gasteiger partial charge in [-0.1, -0.05) is 25.1 Å². The van der Waals surface area contributed by atoms with Crippen molar-refractivity contribution in [2.45, 2.75) is 25.7 Å². The summed E-state index contributed by atoms with van der Waals surface area (Å²) in [6, 6.07) is 9.91. The molecule has 0 saturated carbocycles. The number of rotatable bonds is 1. The molecule has 1 amide bonds. The maximum atomic E-state index is 12.5. The summed E-state index contributed by atoms with van der Waals surface area (Å²) < 4.78 is 0. The number of anilines is 1. The highest BCUT2D eigenvalue weighted by Gasteiger charge is 2.25. The van der Waals surface area contributed by atoms with E-state index in [0.29, 0.717) is 11.6 Å². The lowest BCUT2D eigenvalue weighted by Crippen LogP contribution is -2.32. The number of H-pyrrole nitrogens is 1. The molecule has 19 heavy (non-hydrogen) atoms. The summed E-state index contributed by atoms with van der Waals surface area (Å²) in [6.07, 6.45) is 3.75. The molecule has 0 aliphatic carbocycles. The van der Waals surface area contributed by atoms with Crippen molar-refractivity contribution in [3.05, 3.63) is 47.8 Å². The van der Waals surface area contributed by atoms with Crippen LogP contribution in [0.25, 0.3) is 0 Å². The minimum atomic E-state index is -0.000880. The van der Waals surface area contributed by atoms with Crippen LogP contribution in [-0.4, -0.2) is 22.6 Å². The Morgan fingerprint density at radius 3 is 3.00 bits per heavy atom. The fourth-order valence-corrected chi connectivity index (χ4v) is 2.71. The third-order valence-electron chi connectivity index (χ3n) is 3.75. The van der Waals surface area contributed by atoms with E-state index in [0.717, 1.165) is 25.1 Å². The van der Waals surface area contributed by atoms with Crippen LogP contribution in [0.3, 0.4) is 0 Å². The van der Waals surface area contributed by atoms with Crippen LogP contribution in [-0.2, 0) is 0 Å². The normalized spacial score (nSPS) is 18.8. The summed E-state index contributed by atoms with van der Waals surface area (Å²) in [7, 11) is 0. The van der Waals surface area contributed by atoms with Crippen molar-refractivity contribution in [3.8, 4) is 0 Å². The molecule has 1 aliphatic heterocycles. The molecule has 4 nitrogen and oxygen atoms in total. The lowest BCUT2D eigenvalue weighted by Gasteiger charge is -2.22. The van der Waals surface area contributed by atoms with Crippen molar-refractivity contribution < 1.29 is 4.79 Å². The van der Waals surface area contributed by atoms with Gasteiger partial charge in [0.05, 0.1) is 0 Å². The Bertz CT molecular complexity index is 577. The molecule has 2 heterocycles. The Labute approximate surface area is 112 Å². The van der Waals surface area contributed by atoms with Gasteiger partial charge < -0.3 is 4.90 Å². The van der Waals surface area contributed by atoms with Gasteiger partial charge in [-0.3, -0.25) is 9.89 Å². The van der Waals surface area contributed by atoms with Crippen LogP contribution >= 0.6 is 0 Å². The van der Waals surface area contributed by atoms with Gasteiger partial charge in [0, 0.05) is 18.4 Å². The molecule has 0 spiro atoms. The molecule has 3 rings (SSSR count). The molecule has 0 fully saturated rings. The van der Waals surface area contributed by atoms with Crippen molar-refractivity contribution >= 4 is 11.6 Å². The minimum absolute atomic E-state index is 0.000880. The number of amides is 1. The Morgan fingerprint density at radius 2 is 2.21 bits per heavy atom. The third-order valence-corrected chi connectivity index (χ3v) is 3.75. The highest BCUT2D eigenvalue weighted by molar-refractivity contribution is 6.05. The van der Waals surface area contributed by atoms with Gasteiger partial charge in [-0.15, -0.1) is 0 Å². The smallest absolute Gasteiger partial charge is 0.276 e. The molecular formula is C15H17N3O. The van der Waals surface area contributed by atoms with E-state index in [1.54, 1.807) is 12.3 Å². The molecule has 0 bridgehead atoms. The number of aromatic nitrogens is 2. The van der Waals surface area contributed by atoms with Gasteiger partial charge in [0.15, 0.2) is 0 Å². The van der Waals surface area contributed by atoms with Crippen molar-refractivity contribution in [1.29, 1.82) is 0 Å². The molecule has 0 radical (unpaired) electrons. The van der Waals surface area contributed by atoms with Crippen molar-refractivity contribution in [2.75, 3.05) is 11.4 Å². The summed E-state index contributed by atoms with van der Waals surface area (Å²) in [4.78, 5) is 14.4.